The summed E-state index contributed by atoms with van der Waals surface area (Å²) in [6.07, 6.45) is 5.34. The zero-order chi connectivity index (χ0) is 27.6. The quantitative estimate of drug-likeness (QED) is 0.455. The third kappa shape index (κ3) is 5.88. The standard InChI is InChI=1S/C31H38N6O4/c1-22-18-23(2-7-28(22)41-27-8-10-31(11-9-27)39-16-17-40-31)29-32-21-33-30(35-29)34-24-3-5-25(6-4-24)36-12-14-37(15-13-36)26-19-38-20-26/h2-7,18,21,26-27H,8-17,19-20H2,1H3,(H,32,33,34,35). The van der Waals surface area contributed by atoms with Crippen molar-refractivity contribution in [3.05, 3.63) is 54.4 Å². The molecule has 4 aliphatic rings. The van der Waals surface area contributed by atoms with Crippen LogP contribution < -0.4 is 15.0 Å². The lowest BCUT2D eigenvalue weighted by Crippen LogP contribution is -2.56. The average Bonchev–Trinajstić information content (AvgIpc) is 3.43. The molecule has 0 atom stereocenters. The third-order valence-electron chi connectivity index (χ3n) is 8.75. The summed E-state index contributed by atoms with van der Waals surface area (Å²) in [7, 11) is 0. The minimum absolute atomic E-state index is 0.171. The highest BCUT2D eigenvalue weighted by Crippen LogP contribution is 2.38. The fourth-order valence-corrected chi connectivity index (χ4v) is 6.19. The first-order chi connectivity index (χ1) is 20.1. The molecule has 10 heteroatoms. The van der Waals surface area contributed by atoms with Crippen molar-refractivity contribution >= 4 is 17.3 Å². The molecule has 4 fully saturated rings. The summed E-state index contributed by atoms with van der Waals surface area (Å²) in [6, 6.07) is 15.2. The van der Waals surface area contributed by atoms with Gasteiger partial charge in [-0.25, -0.2) is 9.97 Å². The molecule has 1 N–H and O–H groups in total. The van der Waals surface area contributed by atoms with Crippen molar-refractivity contribution in [2.45, 2.75) is 50.5 Å². The van der Waals surface area contributed by atoms with Gasteiger partial charge in [-0.2, -0.15) is 4.98 Å². The number of benzene rings is 2. The molecule has 0 amide bonds. The van der Waals surface area contributed by atoms with E-state index < -0.39 is 0 Å². The van der Waals surface area contributed by atoms with Gasteiger partial charge in [0.25, 0.3) is 0 Å². The maximum Gasteiger partial charge on any atom is 0.230 e. The van der Waals surface area contributed by atoms with Crippen molar-refractivity contribution < 1.29 is 18.9 Å². The monoisotopic (exact) mass is 558 g/mol. The molecule has 0 bridgehead atoms. The number of ether oxygens (including phenoxy) is 4. The van der Waals surface area contributed by atoms with Crippen LogP contribution in [0.4, 0.5) is 17.3 Å². The van der Waals surface area contributed by atoms with Gasteiger partial charge in [-0.1, -0.05) is 0 Å². The van der Waals surface area contributed by atoms with Crippen LogP contribution in [0.3, 0.4) is 0 Å². The third-order valence-corrected chi connectivity index (χ3v) is 8.75. The van der Waals surface area contributed by atoms with E-state index in [4.69, 9.17) is 18.9 Å². The van der Waals surface area contributed by atoms with Crippen LogP contribution in [0.1, 0.15) is 31.2 Å². The number of aryl methyl sites for hydroxylation is 1. The van der Waals surface area contributed by atoms with Crippen LogP contribution in [0.5, 0.6) is 5.75 Å². The Kier molecular flexibility index (Phi) is 7.47. The topological polar surface area (TPSA) is 94.1 Å². The first-order valence-electron chi connectivity index (χ1n) is 14.8. The predicted molar refractivity (Wildman–Crippen MR) is 156 cm³/mol. The number of piperazine rings is 1. The maximum absolute atomic E-state index is 6.37. The smallest absolute Gasteiger partial charge is 0.230 e. The van der Waals surface area contributed by atoms with Crippen molar-refractivity contribution in [3.8, 4) is 17.1 Å². The van der Waals surface area contributed by atoms with Crippen molar-refractivity contribution in [1.29, 1.82) is 0 Å². The molecule has 41 heavy (non-hydrogen) atoms. The highest BCUT2D eigenvalue weighted by Gasteiger charge is 2.41. The molecule has 7 rings (SSSR count). The Morgan fingerprint density at radius 2 is 1.68 bits per heavy atom. The van der Waals surface area contributed by atoms with Gasteiger partial charge in [-0.3, -0.25) is 4.90 Å². The summed E-state index contributed by atoms with van der Waals surface area (Å²) < 4.78 is 23.4. The Bertz CT molecular complexity index is 1330. The lowest BCUT2D eigenvalue weighted by atomic mass is 9.91. The summed E-state index contributed by atoms with van der Waals surface area (Å²) in [5.74, 6) is 1.67. The minimum Gasteiger partial charge on any atom is -0.490 e. The van der Waals surface area contributed by atoms with Gasteiger partial charge in [0.2, 0.25) is 5.95 Å². The van der Waals surface area contributed by atoms with Gasteiger partial charge < -0.3 is 29.2 Å². The van der Waals surface area contributed by atoms with E-state index >= 15 is 0 Å². The maximum atomic E-state index is 6.37. The van der Waals surface area contributed by atoms with E-state index in [9.17, 15) is 0 Å². The van der Waals surface area contributed by atoms with Crippen LogP contribution in [-0.4, -0.2) is 90.4 Å². The van der Waals surface area contributed by atoms with E-state index in [1.54, 1.807) is 6.33 Å². The normalized spacial score (nSPS) is 21.6. The van der Waals surface area contributed by atoms with Crippen LogP contribution in [0.15, 0.2) is 48.8 Å². The second-order valence-electron chi connectivity index (χ2n) is 11.4. The van der Waals surface area contributed by atoms with Crippen molar-refractivity contribution in [1.82, 2.24) is 19.9 Å². The Morgan fingerprint density at radius 3 is 2.37 bits per heavy atom. The molecule has 3 aliphatic heterocycles. The Labute approximate surface area is 241 Å². The molecular weight excluding hydrogens is 520 g/mol. The molecule has 1 saturated carbocycles. The van der Waals surface area contributed by atoms with E-state index in [1.807, 2.05) is 12.1 Å². The van der Waals surface area contributed by atoms with Crippen LogP contribution in [0.25, 0.3) is 11.4 Å². The molecule has 1 aromatic heterocycles. The van der Waals surface area contributed by atoms with E-state index in [0.29, 0.717) is 31.0 Å². The highest BCUT2D eigenvalue weighted by atomic mass is 16.7. The second-order valence-corrected chi connectivity index (χ2v) is 11.4. The number of rotatable bonds is 7. The zero-order valence-electron chi connectivity index (χ0n) is 23.6. The molecule has 3 saturated heterocycles. The molecule has 3 aromatic rings. The fourth-order valence-electron chi connectivity index (χ4n) is 6.19. The van der Waals surface area contributed by atoms with Crippen molar-refractivity contribution in [3.63, 3.8) is 0 Å². The lowest BCUT2D eigenvalue weighted by Gasteiger charge is -2.43. The minimum atomic E-state index is -0.369. The number of nitrogens with zero attached hydrogens (tertiary/aromatic N) is 5. The largest absolute Gasteiger partial charge is 0.490 e. The molecule has 10 nitrogen and oxygen atoms in total. The molecule has 1 spiro atoms. The number of hydrogen-bond acceptors (Lipinski definition) is 10. The Hall–Kier alpha value is -3.31. The fraction of sp³-hybridized carbons (Fsp3) is 0.516. The SMILES string of the molecule is Cc1cc(-c2ncnc(Nc3ccc(N4CCN(C5COC5)CC4)cc3)n2)ccc1OC1CCC2(CC1)OCCO2. The van der Waals surface area contributed by atoms with Crippen LogP contribution in [0, 0.1) is 6.92 Å². The van der Waals surface area contributed by atoms with Gasteiger partial charge in [-0.15, -0.1) is 0 Å². The second kappa shape index (κ2) is 11.5. The van der Waals surface area contributed by atoms with E-state index in [-0.39, 0.29) is 11.9 Å². The van der Waals surface area contributed by atoms with Gasteiger partial charge in [0, 0.05) is 56.0 Å². The molecule has 1 aliphatic carbocycles. The van der Waals surface area contributed by atoms with E-state index in [1.165, 1.54) is 5.69 Å². The summed E-state index contributed by atoms with van der Waals surface area (Å²) >= 11 is 0. The van der Waals surface area contributed by atoms with Gasteiger partial charge in [0.05, 0.1) is 38.6 Å². The van der Waals surface area contributed by atoms with E-state index in [0.717, 1.165) is 87.6 Å². The molecular formula is C31H38N6O4. The van der Waals surface area contributed by atoms with Crippen LogP contribution in [0.2, 0.25) is 0 Å². The molecule has 216 valence electrons. The number of nitrogens with one attached hydrogen (secondary N) is 1. The van der Waals surface area contributed by atoms with Crippen molar-refractivity contribution in [2.24, 2.45) is 0 Å². The summed E-state index contributed by atoms with van der Waals surface area (Å²) in [4.78, 5) is 18.5. The predicted octanol–water partition coefficient (Wildman–Crippen LogP) is 4.18. The Balaban J connectivity index is 0.952. The first-order valence-corrected chi connectivity index (χ1v) is 14.8. The van der Waals surface area contributed by atoms with Gasteiger partial charge in [0.15, 0.2) is 11.6 Å². The highest BCUT2D eigenvalue weighted by molar-refractivity contribution is 5.62. The van der Waals surface area contributed by atoms with Gasteiger partial charge in [0.1, 0.15) is 12.1 Å². The summed E-state index contributed by atoms with van der Waals surface area (Å²) in [5, 5.41) is 3.33. The van der Waals surface area contributed by atoms with Crippen LogP contribution in [-0.2, 0) is 14.2 Å². The van der Waals surface area contributed by atoms with Gasteiger partial charge >= 0.3 is 0 Å². The van der Waals surface area contributed by atoms with Crippen molar-refractivity contribution in [2.75, 3.05) is 62.8 Å². The lowest BCUT2D eigenvalue weighted by molar-refractivity contribution is -0.186. The number of anilines is 3. The summed E-state index contributed by atoms with van der Waals surface area (Å²) in [5.41, 5.74) is 4.17. The van der Waals surface area contributed by atoms with E-state index in [2.05, 4.69) is 67.3 Å². The molecule has 4 heterocycles. The van der Waals surface area contributed by atoms with Gasteiger partial charge in [-0.05, 0) is 67.8 Å². The molecule has 0 radical (unpaired) electrons. The Morgan fingerprint density at radius 1 is 0.927 bits per heavy atom. The number of aromatic nitrogens is 3. The summed E-state index contributed by atoms with van der Waals surface area (Å²) in [6.45, 7) is 9.46. The zero-order valence-corrected chi connectivity index (χ0v) is 23.6. The molecule has 2 aromatic carbocycles. The van der Waals surface area contributed by atoms with Crippen LogP contribution >= 0.6 is 0 Å². The first kappa shape index (κ1) is 26.6. The number of hydrogen-bond donors (Lipinski definition) is 1. The average molecular weight is 559 g/mol. The molecule has 0 unspecified atom stereocenters.